The maximum atomic E-state index is 10.2. The number of rotatable bonds is 3. The molecule has 0 amide bonds. The Kier molecular flexibility index (Phi) is 6.69. The third-order valence-corrected chi connectivity index (χ3v) is 5.89. The lowest BCUT2D eigenvalue weighted by molar-refractivity contribution is 0.246. The minimum atomic E-state index is -0.303. The highest BCUT2D eigenvalue weighted by atomic mass is 79.9. The summed E-state index contributed by atoms with van der Waals surface area (Å²) in [5.41, 5.74) is 2.52. The van der Waals surface area contributed by atoms with Crippen LogP contribution >= 0.6 is 40.2 Å². The number of furan rings is 1. The Morgan fingerprint density at radius 1 is 1.07 bits per heavy atom. The van der Waals surface area contributed by atoms with Gasteiger partial charge in [-0.2, -0.15) is 0 Å². The zero-order chi connectivity index (χ0) is 19.8. The van der Waals surface area contributed by atoms with Crippen molar-refractivity contribution >= 4 is 40.2 Å². The third kappa shape index (κ3) is 4.36. The van der Waals surface area contributed by atoms with Gasteiger partial charge in [-0.15, -0.1) is 17.0 Å². The van der Waals surface area contributed by atoms with Gasteiger partial charge >= 0.3 is 0 Å². The van der Waals surface area contributed by atoms with Gasteiger partial charge in [-0.3, -0.25) is 4.90 Å². The van der Waals surface area contributed by atoms with Crippen molar-refractivity contribution in [2.24, 2.45) is 0 Å². The van der Waals surface area contributed by atoms with Crippen LogP contribution in [-0.4, -0.2) is 33.3 Å². The Hall–Kier alpha value is -1.86. The van der Waals surface area contributed by atoms with E-state index in [4.69, 9.17) is 27.6 Å². The van der Waals surface area contributed by atoms with Gasteiger partial charge in [0, 0.05) is 19.0 Å². The summed E-state index contributed by atoms with van der Waals surface area (Å²) in [6.45, 7) is 1.97. The molecule has 1 aliphatic rings. The normalized spacial score (nSPS) is 16.7. The molecule has 154 valence electrons. The fourth-order valence-corrected chi connectivity index (χ4v) is 4.25. The topological polar surface area (TPSA) is 77.1 Å². The van der Waals surface area contributed by atoms with Crippen molar-refractivity contribution in [3.8, 4) is 17.2 Å². The highest BCUT2D eigenvalue weighted by Gasteiger charge is 2.29. The zero-order valence-electron chi connectivity index (χ0n) is 15.3. The first kappa shape index (κ1) is 21.8. The van der Waals surface area contributed by atoms with E-state index >= 15 is 0 Å². The summed E-state index contributed by atoms with van der Waals surface area (Å²) in [5.74, 6) is 0.151. The molecular formula is C21H20BrCl2NO4. The molecular weight excluding hydrogens is 481 g/mol. The SMILES string of the molecule is Br.Oc1ccc(C2CN(Cc3ccco3)CCc3c2cc(O)c(O)c3Cl)cc1Cl. The minimum absolute atomic E-state index is 0. The monoisotopic (exact) mass is 499 g/mol. The molecule has 0 saturated heterocycles. The van der Waals surface area contributed by atoms with Crippen LogP contribution in [0.3, 0.4) is 0 Å². The van der Waals surface area contributed by atoms with Crippen molar-refractivity contribution in [3.05, 3.63) is 75.2 Å². The molecule has 2 heterocycles. The predicted molar refractivity (Wildman–Crippen MR) is 118 cm³/mol. The quantitative estimate of drug-likeness (QED) is 0.415. The average molecular weight is 501 g/mol. The van der Waals surface area contributed by atoms with E-state index < -0.39 is 0 Å². The largest absolute Gasteiger partial charge is 0.506 e. The van der Waals surface area contributed by atoms with E-state index in [1.165, 1.54) is 0 Å². The molecule has 5 nitrogen and oxygen atoms in total. The number of phenols is 3. The number of hydrogen-bond acceptors (Lipinski definition) is 5. The molecule has 4 rings (SSSR count). The molecule has 0 aliphatic carbocycles. The van der Waals surface area contributed by atoms with Crippen molar-refractivity contribution in [1.29, 1.82) is 0 Å². The maximum absolute atomic E-state index is 10.2. The van der Waals surface area contributed by atoms with Crippen LogP contribution in [0.4, 0.5) is 0 Å². The first-order valence-electron chi connectivity index (χ1n) is 8.90. The van der Waals surface area contributed by atoms with Crippen LogP contribution in [-0.2, 0) is 13.0 Å². The lowest BCUT2D eigenvalue weighted by Crippen LogP contribution is -2.28. The number of benzene rings is 2. The number of hydrogen-bond donors (Lipinski definition) is 3. The van der Waals surface area contributed by atoms with Gasteiger partial charge in [0.05, 0.1) is 22.9 Å². The van der Waals surface area contributed by atoms with Crippen molar-refractivity contribution in [2.45, 2.75) is 18.9 Å². The van der Waals surface area contributed by atoms with Gasteiger partial charge in [0.1, 0.15) is 11.5 Å². The average Bonchev–Trinajstić information content (AvgIpc) is 3.11. The Morgan fingerprint density at radius 2 is 1.86 bits per heavy atom. The molecule has 8 heteroatoms. The van der Waals surface area contributed by atoms with Crippen LogP contribution in [0.15, 0.2) is 47.1 Å². The molecule has 3 N–H and O–H groups in total. The summed E-state index contributed by atoms with van der Waals surface area (Å²) in [5, 5.41) is 30.5. The van der Waals surface area contributed by atoms with Gasteiger partial charge in [0.25, 0.3) is 0 Å². The number of fused-ring (bicyclic) bond motifs is 1. The van der Waals surface area contributed by atoms with Crippen LogP contribution in [0.25, 0.3) is 0 Å². The van der Waals surface area contributed by atoms with Crippen molar-refractivity contribution < 1.29 is 19.7 Å². The van der Waals surface area contributed by atoms with Crippen LogP contribution in [0, 0.1) is 0 Å². The molecule has 1 atom stereocenters. The summed E-state index contributed by atoms with van der Waals surface area (Å²) in [6, 6.07) is 10.4. The van der Waals surface area contributed by atoms with Crippen LogP contribution < -0.4 is 0 Å². The van der Waals surface area contributed by atoms with Crippen molar-refractivity contribution in [1.82, 2.24) is 4.90 Å². The molecule has 3 aromatic rings. The van der Waals surface area contributed by atoms with E-state index in [9.17, 15) is 15.3 Å². The summed E-state index contributed by atoms with van der Waals surface area (Å²) >= 11 is 12.5. The number of nitrogens with zero attached hydrogens (tertiary/aromatic N) is 1. The standard InChI is InChI=1S/C21H19Cl2NO4.BrH/c22-17-8-12(3-4-18(17)25)16-11-24(10-13-2-1-7-28-13)6-5-14-15(16)9-19(26)21(27)20(14)23;/h1-4,7-9,16,25-27H,5-6,10-11H2;1H. The predicted octanol–water partition coefficient (Wildman–Crippen LogP) is 5.47. The smallest absolute Gasteiger partial charge is 0.176 e. The fraction of sp³-hybridized carbons (Fsp3) is 0.238. The van der Waals surface area contributed by atoms with Gasteiger partial charge in [0.15, 0.2) is 11.5 Å². The van der Waals surface area contributed by atoms with E-state index in [-0.39, 0.29) is 50.2 Å². The van der Waals surface area contributed by atoms with E-state index in [1.54, 1.807) is 24.5 Å². The molecule has 2 aromatic carbocycles. The highest BCUT2D eigenvalue weighted by Crippen LogP contribution is 2.44. The van der Waals surface area contributed by atoms with Crippen molar-refractivity contribution in [3.63, 3.8) is 0 Å². The summed E-state index contributed by atoms with van der Waals surface area (Å²) in [6.07, 6.45) is 2.26. The minimum Gasteiger partial charge on any atom is -0.506 e. The Bertz CT molecular complexity index is 1010. The lowest BCUT2D eigenvalue weighted by Gasteiger charge is -2.25. The maximum Gasteiger partial charge on any atom is 0.176 e. The molecule has 0 radical (unpaired) electrons. The summed E-state index contributed by atoms with van der Waals surface area (Å²) < 4.78 is 5.49. The van der Waals surface area contributed by atoms with E-state index in [1.807, 2.05) is 18.2 Å². The van der Waals surface area contributed by atoms with Gasteiger partial charge in [-0.1, -0.05) is 29.3 Å². The van der Waals surface area contributed by atoms with Crippen LogP contribution in [0.2, 0.25) is 10.0 Å². The molecule has 1 aliphatic heterocycles. The third-order valence-electron chi connectivity index (χ3n) is 5.18. The van der Waals surface area contributed by atoms with Gasteiger partial charge in [-0.25, -0.2) is 0 Å². The Morgan fingerprint density at radius 3 is 2.55 bits per heavy atom. The van der Waals surface area contributed by atoms with Crippen molar-refractivity contribution in [2.75, 3.05) is 13.1 Å². The van der Waals surface area contributed by atoms with Gasteiger partial charge in [-0.05, 0) is 53.4 Å². The summed E-state index contributed by atoms with van der Waals surface area (Å²) in [7, 11) is 0. The number of aromatic hydroxyl groups is 3. The zero-order valence-corrected chi connectivity index (χ0v) is 18.5. The number of phenolic OH excluding ortho intramolecular Hbond substituents is 3. The Balaban J connectivity index is 0.00000240. The summed E-state index contributed by atoms with van der Waals surface area (Å²) in [4.78, 5) is 2.23. The second kappa shape index (κ2) is 8.88. The molecule has 0 bridgehead atoms. The van der Waals surface area contributed by atoms with Crippen LogP contribution in [0.1, 0.15) is 28.4 Å². The molecule has 0 saturated carbocycles. The molecule has 0 fully saturated rings. The number of halogens is 3. The first-order chi connectivity index (χ1) is 13.4. The van der Waals surface area contributed by atoms with E-state index in [0.29, 0.717) is 26.1 Å². The van der Waals surface area contributed by atoms with Crippen LogP contribution in [0.5, 0.6) is 17.2 Å². The second-order valence-corrected chi connectivity index (χ2v) is 7.74. The van der Waals surface area contributed by atoms with E-state index in [0.717, 1.165) is 22.5 Å². The highest BCUT2D eigenvalue weighted by molar-refractivity contribution is 8.93. The van der Waals surface area contributed by atoms with E-state index in [2.05, 4.69) is 4.90 Å². The lowest BCUT2D eigenvalue weighted by atomic mass is 9.87. The Labute approximate surface area is 188 Å². The first-order valence-corrected chi connectivity index (χ1v) is 9.66. The molecule has 0 spiro atoms. The molecule has 29 heavy (non-hydrogen) atoms. The van der Waals surface area contributed by atoms with Gasteiger partial charge < -0.3 is 19.7 Å². The molecule has 1 aromatic heterocycles. The van der Waals surface area contributed by atoms with Gasteiger partial charge in [0.2, 0.25) is 0 Å². The fourth-order valence-electron chi connectivity index (χ4n) is 3.76. The second-order valence-electron chi connectivity index (χ2n) is 6.95. The molecule has 1 unspecified atom stereocenters.